The van der Waals surface area contributed by atoms with Gasteiger partial charge in [-0.3, -0.25) is 4.79 Å². The molecular weight excluding hydrogens is 246 g/mol. The minimum atomic E-state index is 0.129. The molecule has 2 aliphatic heterocycles. The molecule has 96 valence electrons. The summed E-state index contributed by atoms with van der Waals surface area (Å²) in [7, 11) is 0. The third-order valence-corrected chi connectivity index (χ3v) is 4.96. The van der Waals surface area contributed by atoms with Crippen LogP contribution < -0.4 is 4.74 Å². The van der Waals surface area contributed by atoms with Crippen LogP contribution in [0.3, 0.4) is 0 Å². The average molecular weight is 263 g/mol. The fraction of sp³-hybridized carbons (Fsp3) is 0.500. The molecule has 0 aromatic heterocycles. The van der Waals surface area contributed by atoms with E-state index in [1.165, 1.54) is 6.42 Å². The van der Waals surface area contributed by atoms with Crippen molar-refractivity contribution in [1.82, 2.24) is 4.90 Å². The fourth-order valence-corrected chi connectivity index (χ4v) is 4.07. The second kappa shape index (κ2) is 4.84. The van der Waals surface area contributed by atoms with Gasteiger partial charge in [-0.05, 0) is 31.0 Å². The number of likely N-dealkylation sites (tertiary alicyclic amines) is 1. The quantitative estimate of drug-likeness (QED) is 0.836. The monoisotopic (exact) mass is 263 g/mol. The number of fused-ring (bicyclic) bond motifs is 2. The zero-order valence-electron chi connectivity index (χ0n) is 10.5. The highest BCUT2D eigenvalue weighted by atomic mass is 32.2. The normalized spacial score (nSPS) is 25.5. The first-order chi connectivity index (χ1) is 8.72. The lowest BCUT2D eigenvalue weighted by Gasteiger charge is -2.26. The van der Waals surface area contributed by atoms with E-state index in [-0.39, 0.29) is 12.5 Å². The van der Waals surface area contributed by atoms with E-state index in [0.717, 1.165) is 23.6 Å². The predicted octanol–water partition coefficient (Wildman–Crippen LogP) is 2.09. The maximum Gasteiger partial charge on any atom is 0.260 e. The summed E-state index contributed by atoms with van der Waals surface area (Å²) in [6.07, 6.45) is 1.17. The number of carbonyl (C=O) groups excluding carboxylic acids is 1. The van der Waals surface area contributed by atoms with Gasteiger partial charge < -0.3 is 9.64 Å². The molecule has 3 rings (SSSR count). The number of hydrogen-bond donors (Lipinski definition) is 0. The standard InChI is InChI=1S/C14H17NO2S/c1-10-3-2-4-12(5-10)17-8-14(16)15-7-13-6-11(15)9-18-13/h2-5,11,13H,6-9H2,1H3. The Labute approximate surface area is 111 Å². The molecule has 1 amide bonds. The van der Waals surface area contributed by atoms with Crippen LogP contribution >= 0.6 is 11.8 Å². The molecule has 1 aromatic carbocycles. The van der Waals surface area contributed by atoms with E-state index in [1.54, 1.807) is 0 Å². The van der Waals surface area contributed by atoms with Crippen LogP contribution in [0, 0.1) is 6.92 Å². The van der Waals surface area contributed by atoms with Crippen molar-refractivity contribution >= 4 is 17.7 Å². The summed E-state index contributed by atoms with van der Waals surface area (Å²) in [5.41, 5.74) is 1.15. The molecule has 2 fully saturated rings. The molecule has 2 unspecified atom stereocenters. The zero-order valence-corrected chi connectivity index (χ0v) is 11.3. The fourth-order valence-electron chi connectivity index (χ4n) is 2.64. The number of benzene rings is 1. The van der Waals surface area contributed by atoms with Crippen LogP contribution in [0.15, 0.2) is 24.3 Å². The van der Waals surface area contributed by atoms with Crippen LogP contribution in [0.2, 0.25) is 0 Å². The van der Waals surface area contributed by atoms with Gasteiger partial charge in [0.05, 0.1) is 0 Å². The number of aryl methyl sites for hydroxylation is 1. The third-order valence-electron chi connectivity index (χ3n) is 3.57. The van der Waals surface area contributed by atoms with E-state index >= 15 is 0 Å². The number of hydrogen-bond acceptors (Lipinski definition) is 3. The van der Waals surface area contributed by atoms with Crippen molar-refractivity contribution in [2.24, 2.45) is 0 Å². The Morgan fingerprint density at radius 3 is 3.11 bits per heavy atom. The number of nitrogens with zero attached hydrogens (tertiary/aromatic N) is 1. The summed E-state index contributed by atoms with van der Waals surface area (Å²) in [6.45, 7) is 3.09. The zero-order chi connectivity index (χ0) is 12.5. The molecule has 2 bridgehead atoms. The molecule has 0 spiro atoms. The Hall–Kier alpha value is -1.16. The van der Waals surface area contributed by atoms with Crippen molar-refractivity contribution < 1.29 is 9.53 Å². The van der Waals surface area contributed by atoms with Gasteiger partial charge >= 0.3 is 0 Å². The first kappa shape index (κ1) is 11.9. The molecular formula is C14H17NO2S. The number of carbonyl (C=O) groups is 1. The van der Waals surface area contributed by atoms with Crippen molar-refractivity contribution in [3.8, 4) is 5.75 Å². The Kier molecular flexibility index (Phi) is 3.20. The highest BCUT2D eigenvalue weighted by molar-refractivity contribution is 8.00. The lowest BCUT2D eigenvalue weighted by Crippen LogP contribution is -2.41. The Morgan fingerprint density at radius 2 is 2.44 bits per heavy atom. The van der Waals surface area contributed by atoms with Crippen LogP contribution in [0.25, 0.3) is 0 Å². The molecule has 4 heteroatoms. The van der Waals surface area contributed by atoms with E-state index in [0.29, 0.717) is 11.3 Å². The van der Waals surface area contributed by atoms with E-state index < -0.39 is 0 Å². The number of amides is 1. The Morgan fingerprint density at radius 1 is 1.56 bits per heavy atom. The van der Waals surface area contributed by atoms with E-state index in [1.807, 2.05) is 47.9 Å². The van der Waals surface area contributed by atoms with Crippen LogP contribution in [0.5, 0.6) is 5.75 Å². The summed E-state index contributed by atoms with van der Waals surface area (Å²) in [6, 6.07) is 8.27. The van der Waals surface area contributed by atoms with Crippen LogP contribution in [0.4, 0.5) is 0 Å². The van der Waals surface area contributed by atoms with Crippen LogP contribution in [-0.4, -0.2) is 41.0 Å². The summed E-state index contributed by atoms with van der Waals surface area (Å²) in [5.74, 6) is 2.01. The summed E-state index contributed by atoms with van der Waals surface area (Å²) in [4.78, 5) is 14.1. The topological polar surface area (TPSA) is 29.5 Å². The lowest BCUT2D eigenvalue weighted by atomic mass is 10.2. The van der Waals surface area contributed by atoms with Crippen LogP contribution in [0.1, 0.15) is 12.0 Å². The maximum absolute atomic E-state index is 12.1. The number of ether oxygens (including phenoxy) is 1. The summed E-state index contributed by atoms with van der Waals surface area (Å²) in [5, 5.41) is 0.665. The van der Waals surface area contributed by atoms with Gasteiger partial charge in [0.1, 0.15) is 5.75 Å². The van der Waals surface area contributed by atoms with Gasteiger partial charge in [-0.2, -0.15) is 11.8 Å². The molecule has 2 heterocycles. The second-order valence-corrected chi connectivity index (χ2v) is 6.33. The molecule has 0 aliphatic carbocycles. The Bertz CT molecular complexity index is 463. The molecule has 2 saturated heterocycles. The minimum Gasteiger partial charge on any atom is -0.484 e. The minimum absolute atomic E-state index is 0.129. The third kappa shape index (κ3) is 2.34. The maximum atomic E-state index is 12.1. The summed E-state index contributed by atoms with van der Waals surface area (Å²) < 4.78 is 5.57. The molecule has 2 atom stereocenters. The Balaban J connectivity index is 1.56. The van der Waals surface area contributed by atoms with E-state index in [9.17, 15) is 4.79 Å². The first-order valence-electron chi connectivity index (χ1n) is 6.33. The van der Waals surface area contributed by atoms with Gasteiger partial charge in [0, 0.05) is 23.6 Å². The lowest BCUT2D eigenvalue weighted by molar-refractivity contribution is -0.133. The second-order valence-electron chi connectivity index (χ2n) is 5.00. The van der Waals surface area contributed by atoms with Crippen LogP contribution in [-0.2, 0) is 4.79 Å². The van der Waals surface area contributed by atoms with Crippen molar-refractivity contribution in [3.05, 3.63) is 29.8 Å². The van der Waals surface area contributed by atoms with Crippen molar-refractivity contribution in [1.29, 1.82) is 0 Å². The number of rotatable bonds is 3. The predicted molar refractivity (Wildman–Crippen MR) is 73.0 cm³/mol. The van der Waals surface area contributed by atoms with Crippen molar-refractivity contribution in [2.45, 2.75) is 24.6 Å². The van der Waals surface area contributed by atoms with Gasteiger partial charge in [-0.25, -0.2) is 0 Å². The van der Waals surface area contributed by atoms with Crippen molar-refractivity contribution in [2.75, 3.05) is 18.9 Å². The van der Waals surface area contributed by atoms with E-state index in [4.69, 9.17) is 4.74 Å². The van der Waals surface area contributed by atoms with Gasteiger partial charge in [-0.15, -0.1) is 0 Å². The first-order valence-corrected chi connectivity index (χ1v) is 7.38. The SMILES string of the molecule is Cc1cccc(OCC(=O)N2CC3CC2CS3)c1. The average Bonchev–Trinajstić information content (AvgIpc) is 2.98. The molecule has 0 radical (unpaired) electrons. The highest BCUT2D eigenvalue weighted by Gasteiger charge is 2.40. The smallest absolute Gasteiger partial charge is 0.260 e. The largest absolute Gasteiger partial charge is 0.484 e. The molecule has 18 heavy (non-hydrogen) atoms. The summed E-state index contributed by atoms with van der Waals surface area (Å²) >= 11 is 2.00. The highest BCUT2D eigenvalue weighted by Crippen LogP contribution is 2.37. The van der Waals surface area contributed by atoms with Gasteiger partial charge in [0.15, 0.2) is 6.61 Å². The number of thioether (sulfide) groups is 1. The molecule has 1 aromatic rings. The molecule has 3 nitrogen and oxygen atoms in total. The molecule has 2 aliphatic rings. The van der Waals surface area contributed by atoms with Gasteiger partial charge in [-0.1, -0.05) is 12.1 Å². The molecule has 0 saturated carbocycles. The molecule has 0 N–H and O–H groups in total. The van der Waals surface area contributed by atoms with Crippen molar-refractivity contribution in [3.63, 3.8) is 0 Å². The van der Waals surface area contributed by atoms with Gasteiger partial charge in [0.25, 0.3) is 5.91 Å². The van der Waals surface area contributed by atoms with Gasteiger partial charge in [0.2, 0.25) is 0 Å². The van der Waals surface area contributed by atoms with E-state index in [2.05, 4.69) is 0 Å².